The molecule has 0 radical (unpaired) electrons. The van der Waals surface area contributed by atoms with E-state index in [9.17, 15) is 14.4 Å². The van der Waals surface area contributed by atoms with E-state index in [-0.39, 0.29) is 23.6 Å². The van der Waals surface area contributed by atoms with Gasteiger partial charge in [0.25, 0.3) is 5.91 Å². The highest BCUT2D eigenvalue weighted by atomic mass is 16.2. The van der Waals surface area contributed by atoms with Crippen LogP contribution in [0.5, 0.6) is 0 Å². The Morgan fingerprint density at radius 3 is 2.28 bits per heavy atom. The van der Waals surface area contributed by atoms with Crippen LogP contribution in [0.15, 0.2) is 72.8 Å². The smallest absolute Gasteiger partial charge is 0.254 e. The molecule has 1 aliphatic carbocycles. The number of aromatic amines is 1. The molecule has 1 saturated heterocycles. The van der Waals surface area contributed by atoms with Crippen LogP contribution in [-0.2, 0) is 16.0 Å². The Labute approximate surface area is 273 Å². The lowest BCUT2D eigenvalue weighted by Gasteiger charge is -2.28. The summed E-state index contributed by atoms with van der Waals surface area (Å²) < 4.78 is 0. The summed E-state index contributed by atoms with van der Waals surface area (Å²) in [4.78, 5) is 42.4. The number of nitrogens with zero attached hydrogens (tertiary/aromatic N) is 4. The Balaban J connectivity index is 1.18. The Bertz CT molecular complexity index is 1640. The Morgan fingerprint density at radius 1 is 0.894 bits per heavy atom. The van der Waals surface area contributed by atoms with Gasteiger partial charge in [0.1, 0.15) is 6.04 Å². The highest BCUT2D eigenvalue weighted by Gasteiger charge is 2.29. The summed E-state index contributed by atoms with van der Waals surface area (Å²) in [6.45, 7) is 3.56. The van der Waals surface area contributed by atoms with E-state index < -0.39 is 6.04 Å². The van der Waals surface area contributed by atoms with Crippen LogP contribution in [0, 0.1) is 11.8 Å². The van der Waals surface area contributed by atoms with Crippen LogP contribution in [0.3, 0.4) is 0 Å². The second-order valence-electron chi connectivity index (χ2n) is 12.3. The van der Waals surface area contributed by atoms with E-state index in [1.165, 1.54) is 0 Å². The molecule has 12 nitrogen and oxygen atoms in total. The summed E-state index contributed by atoms with van der Waals surface area (Å²) in [5, 5.41) is 23.3. The van der Waals surface area contributed by atoms with Crippen molar-refractivity contribution in [2.24, 2.45) is 17.6 Å². The van der Waals surface area contributed by atoms with Crippen molar-refractivity contribution in [3.63, 3.8) is 0 Å². The molecule has 0 spiro atoms. The molecule has 0 bridgehead atoms. The van der Waals surface area contributed by atoms with Crippen LogP contribution in [0.1, 0.15) is 41.6 Å². The van der Waals surface area contributed by atoms with Gasteiger partial charge in [0.05, 0.1) is 0 Å². The number of hydrogen-bond donors (Lipinski definition) is 5. The molecule has 244 valence electrons. The molecule has 6 N–H and O–H groups in total. The number of benzene rings is 3. The quantitative estimate of drug-likeness (QED) is 0.177. The fraction of sp³-hybridized carbons (Fsp3) is 0.371. The van der Waals surface area contributed by atoms with Gasteiger partial charge in [0, 0.05) is 55.3 Å². The zero-order chi connectivity index (χ0) is 32.6. The van der Waals surface area contributed by atoms with Crippen LogP contribution < -0.4 is 21.7 Å². The molecule has 6 rings (SSSR count). The molecule has 3 aromatic carbocycles. The van der Waals surface area contributed by atoms with E-state index in [0.717, 1.165) is 61.0 Å². The predicted molar refractivity (Wildman–Crippen MR) is 179 cm³/mol. The molecule has 4 aromatic rings. The molecule has 1 atom stereocenters. The van der Waals surface area contributed by atoms with Crippen LogP contribution in [-0.4, -0.2) is 82.0 Å². The number of hydrogen-bond acceptors (Lipinski definition) is 8. The third-order valence-electron chi connectivity index (χ3n) is 9.21. The first kappa shape index (κ1) is 32.0. The third-order valence-corrected chi connectivity index (χ3v) is 9.21. The van der Waals surface area contributed by atoms with Crippen molar-refractivity contribution in [1.82, 2.24) is 36.2 Å². The lowest BCUT2D eigenvalue weighted by molar-refractivity contribution is -0.130. The van der Waals surface area contributed by atoms with E-state index >= 15 is 0 Å². The van der Waals surface area contributed by atoms with Gasteiger partial charge in [-0.15, -0.1) is 10.2 Å². The highest BCUT2D eigenvalue weighted by Crippen LogP contribution is 2.29. The summed E-state index contributed by atoms with van der Waals surface area (Å²) in [5.41, 5.74) is 10.5. The first-order valence-corrected chi connectivity index (χ1v) is 16.3. The molecular formula is C35H41N9O3. The largest absolute Gasteiger partial charge is 0.344 e. The summed E-state index contributed by atoms with van der Waals surface area (Å²) in [6, 6.07) is 21.9. The maximum Gasteiger partial charge on any atom is 0.254 e. The van der Waals surface area contributed by atoms with Crippen LogP contribution in [0.2, 0.25) is 0 Å². The monoisotopic (exact) mass is 635 g/mol. The van der Waals surface area contributed by atoms with Gasteiger partial charge in [-0.3, -0.25) is 14.4 Å². The maximum absolute atomic E-state index is 13.7. The van der Waals surface area contributed by atoms with Crippen LogP contribution in [0.4, 0.5) is 5.69 Å². The fourth-order valence-electron chi connectivity index (χ4n) is 6.39. The minimum atomic E-state index is -0.793. The Morgan fingerprint density at radius 2 is 1.60 bits per heavy atom. The molecule has 2 heterocycles. The molecule has 1 aromatic heterocycles. The molecule has 47 heavy (non-hydrogen) atoms. The molecule has 1 aliphatic heterocycles. The topological polar surface area (TPSA) is 171 Å². The van der Waals surface area contributed by atoms with Crippen LogP contribution >= 0.6 is 0 Å². The molecule has 12 heteroatoms. The number of H-pyrrole nitrogens is 1. The standard InChI is InChI=1S/C35H41N9O3/c36-22-24-7-11-27(12-8-24)33(45)39-31(34(46)38-28-15-13-26(14-16-28)32-40-42-43-41-32)21-23-5-9-25(10-6-23)29-3-1-2-4-30(29)35(47)44-19-17-37-18-20-44/h1-6,9-10,13-16,24,27,31,37H,7-8,11-12,17-22,36H2,(H,38,46)(H,39,45)(H,40,41,42,43)/t24?,27?,31-/m0/s1. The van der Waals surface area contributed by atoms with Crippen molar-refractivity contribution in [3.05, 3.63) is 83.9 Å². The molecule has 1 saturated carbocycles. The normalized spacial score (nSPS) is 18.7. The Hall–Kier alpha value is -4.94. The van der Waals surface area contributed by atoms with E-state index in [1.807, 2.05) is 53.4 Å². The summed E-state index contributed by atoms with van der Waals surface area (Å²) >= 11 is 0. The van der Waals surface area contributed by atoms with Crippen molar-refractivity contribution in [3.8, 4) is 22.5 Å². The number of anilines is 1. The van der Waals surface area contributed by atoms with Gasteiger partial charge in [-0.1, -0.05) is 42.5 Å². The summed E-state index contributed by atoms with van der Waals surface area (Å²) in [6.07, 6.45) is 3.66. The number of tetrazole rings is 1. The number of piperazine rings is 1. The first-order chi connectivity index (χ1) is 23.0. The van der Waals surface area contributed by atoms with Crippen molar-refractivity contribution in [2.45, 2.75) is 38.1 Å². The molecule has 3 amide bonds. The number of amides is 3. The van der Waals surface area contributed by atoms with Gasteiger partial charge in [-0.25, -0.2) is 0 Å². The SMILES string of the molecule is NCC1CCC(C(=O)N[C@@H](Cc2ccc(-c3ccccc3C(=O)N3CCNCC3)cc2)C(=O)Nc2ccc(-c3nn[nH]n3)cc2)CC1. The number of nitrogens with two attached hydrogens (primary N) is 1. The zero-order valence-corrected chi connectivity index (χ0v) is 26.3. The Kier molecular flexibility index (Phi) is 10.3. The van der Waals surface area contributed by atoms with Gasteiger partial charge in [0.2, 0.25) is 17.6 Å². The molecule has 2 aliphatic rings. The minimum Gasteiger partial charge on any atom is -0.344 e. The van der Waals surface area contributed by atoms with E-state index in [2.05, 4.69) is 36.6 Å². The number of carbonyl (C=O) groups is 3. The third kappa shape index (κ3) is 7.90. The maximum atomic E-state index is 13.7. The van der Waals surface area contributed by atoms with Crippen molar-refractivity contribution < 1.29 is 14.4 Å². The molecule has 0 unspecified atom stereocenters. The van der Waals surface area contributed by atoms with Crippen molar-refractivity contribution in [1.29, 1.82) is 0 Å². The predicted octanol–water partition coefficient (Wildman–Crippen LogP) is 3.01. The molecular weight excluding hydrogens is 594 g/mol. The minimum absolute atomic E-state index is 0.0245. The summed E-state index contributed by atoms with van der Waals surface area (Å²) in [5.74, 6) is 0.370. The molecule has 2 fully saturated rings. The lowest BCUT2D eigenvalue weighted by atomic mass is 9.81. The zero-order valence-electron chi connectivity index (χ0n) is 26.3. The second-order valence-corrected chi connectivity index (χ2v) is 12.3. The fourth-order valence-corrected chi connectivity index (χ4v) is 6.39. The number of nitrogens with one attached hydrogen (secondary N) is 4. The van der Waals surface area contributed by atoms with E-state index in [1.54, 1.807) is 24.3 Å². The van der Waals surface area contributed by atoms with Gasteiger partial charge in [0.15, 0.2) is 0 Å². The second kappa shape index (κ2) is 15.1. The first-order valence-electron chi connectivity index (χ1n) is 16.3. The van der Waals surface area contributed by atoms with E-state index in [4.69, 9.17) is 5.73 Å². The number of carbonyl (C=O) groups excluding carboxylic acids is 3. The summed E-state index contributed by atoms with van der Waals surface area (Å²) in [7, 11) is 0. The lowest BCUT2D eigenvalue weighted by Crippen LogP contribution is -2.48. The van der Waals surface area contributed by atoms with Crippen molar-refractivity contribution >= 4 is 23.4 Å². The van der Waals surface area contributed by atoms with E-state index in [0.29, 0.717) is 49.0 Å². The van der Waals surface area contributed by atoms with Gasteiger partial charge < -0.3 is 26.6 Å². The number of aromatic nitrogens is 4. The van der Waals surface area contributed by atoms with Gasteiger partial charge in [-0.05, 0) is 90.4 Å². The van der Waals surface area contributed by atoms with Crippen molar-refractivity contribution in [2.75, 3.05) is 38.0 Å². The van der Waals surface area contributed by atoms with Gasteiger partial charge in [-0.2, -0.15) is 5.21 Å². The average molecular weight is 636 g/mol. The number of rotatable bonds is 10. The average Bonchev–Trinajstić information content (AvgIpc) is 3.67. The van der Waals surface area contributed by atoms with Gasteiger partial charge >= 0.3 is 0 Å². The highest BCUT2D eigenvalue weighted by molar-refractivity contribution is 6.01. The van der Waals surface area contributed by atoms with Crippen LogP contribution in [0.25, 0.3) is 22.5 Å².